The van der Waals surface area contributed by atoms with E-state index in [4.69, 9.17) is 20.9 Å². The third kappa shape index (κ3) is 12.7. The van der Waals surface area contributed by atoms with Gasteiger partial charge in [0.05, 0.1) is 12.5 Å². The number of carbonyl (C=O) groups excluding carboxylic acids is 4. The number of ketones is 2. The molecule has 13 nitrogen and oxygen atoms in total. The van der Waals surface area contributed by atoms with E-state index in [0.29, 0.717) is 39.3 Å². The zero-order valence-electron chi connectivity index (χ0n) is 35.0. The van der Waals surface area contributed by atoms with Gasteiger partial charge in [0.1, 0.15) is 36.8 Å². The summed E-state index contributed by atoms with van der Waals surface area (Å²) in [7, 11) is 1.43. The zero-order chi connectivity index (χ0) is 43.1. The van der Waals surface area contributed by atoms with Crippen molar-refractivity contribution >= 4 is 29.4 Å². The number of nitrogens with two attached hydrogens (primary N) is 2. The topological polar surface area (TPSA) is 212 Å². The SMILES string of the molecule is CCCCCCCCc1ccc(C(=O)C[C@@H](CO)C(=O)N(C)[C@@H]2C(=O)C[C@@H](C)C(=O)N[C@H](C(=O)O)Cc3ccc(OCCN)c(c3)-c3cc2ccc3OCCN)c(C)c1. The number of fused-ring (bicyclic) bond motifs is 5. The standard InChI is InChI=1S/C46H62N4O9/c1-5-6-7-8-9-10-11-31-12-15-35(29(2)22-31)39(52)27-34(28-51)45(55)50(4)43-33-14-17-42(59-21-19-48)37(26-33)36-24-32(13-16-41(36)58-20-18-47)25-38(46(56)57)49-44(54)30(3)23-40(43)53/h12-17,22,24,26,30,34,38,43,51H,5-11,18-21,23,25,27-28,47-48H2,1-4H3,(H,49,54)(H,56,57)/t30-,34+,38+,43+/m1/s1. The van der Waals surface area contributed by atoms with E-state index < -0.39 is 54.1 Å². The van der Waals surface area contributed by atoms with Crippen molar-refractivity contribution in [2.75, 3.05) is 40.0 Å². The molecular weight excluding hydrogens is 753 g/mol. The molecule has 4 rings (SSSR count). The van der Waals surface area contributed by atoms with Crippen LogP contribution in [-0.2, 0) is 32.0 Å². The number of hydrogen-bond donors (Lipinski definition) is 5. The lowest BCUT2D eigenvalue weighted by Gasteiger charge is -2.32. The lowest BCUT2D eigenvalue weighted by molar-refractivity contribution is -0.144. The lowest BCUT2D eigenvalue weighted by atomic mass is 9.88. The first-order valence-corrected chi connectivity index (χ1v) is 20.8. The van der Waals surface area contributed by atoms with Crippen molar-refractivity contribution in [3.63, 3.8) is 0 Å². The quantitative estimate of drug-likeness (QED) is 0.0726. The number of aliphatic hydroxyl groups excluding tert-OH is 1. The molecule has 0 spiro atoms. The number of aliphatic carboxylic acids is 1. The van der Waals surface area contributed by atoms with Gasteiger partial charge in [-0.1, -0.05) is 76.3 Å². The Morgan fingerprint density at radius 1 is 0.881 bits per heavy atom. The number of ether oxygens (including phenoxy) is 2. The van der Waals surface area contributed by atoms with Crippen LogP contribution in [0.25, 0.3) is 11.1 Å². The third-order valence-corrected chi connectivity index (χ3v) is 10.9. The van der Waals surface area contributed by atoms with E-state index in [1.54, 1.807) is 42.5 Å². The summed E-state index contributed by atoms with van der Waals surface area (Å²) in [6.07, 6.45) is 7.32. The van der Waals surface area contributed by atoms with Gasteiger partial charge in [-0.05, 0) is 66.3 Å². The highest BCUT2D eigenvalue weighted by molar-refractivity contribution is 6.01. The second-order valence-electron chi connectivity index (χ2n) is 15.6. The van der Waals surface area contributed by atoms with E-state index in [9.17, 15) is 34.2 Å². The van der Waals surface area contributed by atoms with Crippen molar-refractivity contribution in [3.05, 3.63) is 82.4 Å². The van der Waals surface area contributed by atoms with Crippen molar-refractivity contribution in [2.45, 2.75) is 97.1 Å². The number of rotatable bonds is 20. The fourth-order valence-electron chi connectivity index (χ4n) is 7.60. The Balaban J connectivity index is 1.72. The van der Waals surface area contributed by atoms with E-state index in [1.165, 1.54) is 44.6 Å². The van der Waals surface area contributed by atoms with Crippen molar-refractivity contribution in [2.24, 2.45) is 23.3 Å². The molecule has 1 heterocycles. The lowest BCUT2D eigenvalue weighted by Crippen LogP contribution is -2.46. The van der Waals surface area contributed by atoms with Gasteiger partial charge in [-0.3, -0.25) is 19.2 Å². The van der Waals surface area contributed by atoms with E-state index in [-0.39, 0.29) is 51.3 Å². The van der Waals surface area contributed by atoms with Crippen molar-refractivity contribution in [3.8, 4) is 22.6 Å². The highest BCUT2D eigenvalue weighted by atomic mass is 16.5. The maximum absolute atomic E-state index is 14.4. The summed E-state index contributed by atoms with van der Waals surface area (Å²) in [5.41, 5.74) is 15.9. The Morgan fingerprint density at radius 3 is 2.15 bits per heavy atom. The van der Waals surface area contributed by atoms with Crippen molar-refractivity contribution in [1.29, 1.82) is 0 Å². The van der Waals surface area contributed by atoms with Gasteiger partial charge in [-0.2, -0.15) is 0 Å². The summed E-state index contributed by atoms with van der Waals surface area (Å²) in [4.78, 5) is 69.5. The highest BCUT2D eigenvalue weighted by Gasteiger charge is 2.36. The Morgan fingerprint density at radius 2 is 1.53 bits per heavy atom. The van der Waals surface area contributed by atoms with Gasteiger partial charge < -0.3 is 41.4 Å². The van der Waals surface area contributed by atoms with Gasteiger partial charge in [0, 0.05) is 62.0 Å². The average molecular weight is 815 g/mol. The Labute approximate surface area is 347 Å². The molecule has 3 aromatic rings. The summed E-state index contributed by atoms with van der Waals surface area (Å²) in [5, 5.41) is 23.2. The molecule has 1 aliphatic heterocycles. The minimum atomic E-state index is -1.31. The number of aliphatic hydroxyl groups is 1. The number of unbranched alkanes of at least 4 members (excludes halogenated alkanes) is 5. The number of benzene rings is 3. The molecule has 0 saturated heterocycles. The van der Waals surface area contributed by atoms with E-state index in [1.807, 2.05) is 19.1 Å². The molecule has 2 amide bonds. The number of nitrogens with zero attached hydrogens (tertiary/aromatic N) is 1. The number of carboxylic acid groups (broad SMARTS) is 1. The van der Waals surface area contributed by atoms with Gasteiger partial charge in [-0.15, -0.1) is 0 Å². The fourth-order valence-corrected chi connectivity index (χ4v) is 7.60. The normalized spacial score (nSPS) is 17.4. The van der Waals surface area contributed by atoms with Crippen LogP contribution in [0, 0.1) is 18.8 Å². The molecule has 4 bridgehead atoms. The molecule has 0 unspecified atom stereocenters. The molecule has 59 heavy (non-hydrogen) atoms. The predicted octanol–water partition coefficient (Wildman–Crippen LogP) is 5.34. The molecule has 0 saturated carbocycles. The maximum atomic E-state index is 14.4. The van der Waals surface area contributed by atoms with Crippen LogP contribution in [0.2, 0.25) is 0 Å². The molecule has 13 heteroatoms. The smallest absolute Gasteiger partial charge is 0.326 e. The Hall–Kier alpha value is -5.11. The van der Waals surface area contributed by atoms with Gasteiger partial charge in [0.15, 0.2) is 11.6 Å². The van der Waals surface area contributed by atoms with Crippen molar-refractivity contribution < 1.29 is 43.7 Å². The molecule has 0 fully saturated rings. The first-order valence-electron chi connectivity index (χ1n) is 20.8. The molecule has 0 radical (unpaired) electrons. The molecule has 0 aliphatic carbocycles. The van der Waals surface area contributed by atoms with Crippen molar-refractivity contribution in [1.82, 2.24) is 10.2 Å². The summed E-state index contributed by atoms with van der Waals surface area (Å²) in [6.45, 7) is 5.68. The summed E-state index contributed by atoms with van der Waals surface area (Å²) >= 11 is 0. The van der Waals surface area contributed by atoms with Gasteiger partial charge in [0.2, 0.25) is 11.8 Å². The first-order chi connectivity index (χ1) is 28.3. The monoisotopic (exact) mass is 814 g/mol. The molecule has 7 N–H and O–H groups in total. The van der Waals surface area contributed by atoms with Gasteiger partial charge >= 0.3 is 5.97 Å². The molecule has 1 aliphatic rings. The first kappa shape index (κ1) is 46.6. The Bertz CT molecular complexity index is 1930. The summed E-state index contributed by atoms with van der Waals surface area (Å²) in [6, 6.07) is 13.3. The molecule has 4 atom stereocenters. The summed E-state index contributed by atoms with van der Waals surface area (Å²) < 4.78 is 12.1. The van der Waals surface area contributed by atoms with Gasteiger partial charge in [-0.25, -0.2) is 4.79 Å². The molecule has 320 valence electrons. The number of hydrogen-bond acceptors (Lipinski definition) is 10. The van der Waals surface area contributed by atoms with Crippen LogP contribution in [0.15, 0.2) is 54.6 Å². The second-order valence-corrected chi connectivity index (χ2v) is 15.6. The second kappa shape index (κ2) is 22.9. The number of nitrogens with one attached hydrogen (secondary N) is 1. The van der Waals surface area contributed by atoms with Crippen LogP contribution in [0.1, 0.15) is 104 Å². The summed E-state index contributed by atoms with van der Waals surface area (Å²) in [5.74, 6) is -4.69. The number of aryl methyl sites for hydroxylation is 2. The number of Topliss-reactive ketones (excluding diaryl/α,β-unsaturated/α-hetero) is 2. The Kier molecular flexibility index (Phi) is 18.1. The van der Waals surface area contributed by atoms with Crippen LogP contribution in [-0.4, -0.2) is 90.5 Å². The molecule has 3 aromatic carbocycles. The zero-order valence-corrected chi connectivity index (χ0v) is 35.0. The van der Waals surface area contributed by atoms with Crippen LogP contribution in [0.4, 0.5) is 0 Å². The van der Waals surface area contributed by atoms with E-state index >= 15 is 0 Å². The van der Waals surface area contributed by atoms with Crippen LogP contribution in [0.3, 0.4) is 0 Å². The number of likely N-dealkylation sites (N-methyl/N-ethyl adjacent to an activating group) is 1. The minimum absolute atomic E-state index is 0.0609. The van der Waals surface area contributed by atoms with Gasteiger partial charge in [0.25, 0.3) is 0 Å². The van der Waals surface area contributed by atoms with E-state index in [2.05, 4.69) is 12.2 Å². The maximum Gasteiger partial charge on any atom is 0.326 e. The van der Waals surface area contributed by atoms with E-state index in [0.717, 1.165) is 30.4 Å². The number of carbonyl (C=O) groups is 5. The molecular formula is C46H62N4O9. The average Bonchev–Trinajstić information content (AvgIpc) is 3.21. The van der Waals surface area contributed by atoms with Crippen LogP contribution >= 0.6 is 0 Å². The third-order valence-electron chi connectivity index (χ3n) is 10.9. The number of amides is 2. The van der Waals surface area contributed by atoms with Crippen LogP contribution < -0.4 is 26.3 Å². The predicted molar refractivity (Wildman–Crippen MR) is 226 cm³/mol. The molecule has 0 aromatic heterocycles. The largest absolute Gasteiger partial charge is 0.492 e. The fraction of sp³-hybridized carbons (Fsp3) is 0.500. The highest BCUT2D eigenvalue weighted by Crippen LogP contribution is 2.41. The minimum Gasteiger partial charge on any atom is -0.492 e. The number of carboxylic acids is 1. The van der Waals surface area contributed by atoms with Crippen LogP contribution in [0.5, 0.6) is 11.5 Å².